The first-order chi connectivity index (χ1) is 10.0. The summed E-state index contributed by atoms with van der Waals surface area (Å²) in [6.07, 6.45) is 3.35. The maximum Gasteiger partial charge on any atom is 0.328 e. The Bertz CT molecular complexity index is 644. The number of carbonyl (C=O) groups is 2. The van der Waals surface area contributed by atoms with E-state index in [-0.39, 0.29) is 11.9 Å². The third-order valence-corrected chi connectivity index (χ3v) is 4.65. The van der Waals surface area contributed by atoms with Crippen molar-refractivity contribution in [3.8, 4) is 0 Å². The van der Waals surface area contributed by atoms with Crippen LogP contribution >= 0.6 is 22.7 Å². The molecule has 1 atom stereocenters. The van der Waals surface area contributed by atoms with Crippen LogP contribution in [-0.4, -0.2) is 23.0 Å². The molecule has 0 saturated carbocycles. The number of aliphatic carboxylic acids is 1. The lowest BCUT2D eigenvalue weighted by Gasteiger charge is -2.11. The minimum absolute atomic E-state index is 0.0521. The Morgan fingerprint density at radius 2 is 2.19 bits per heavy atom. The van der Waals surface area contributed by atoms with Gasteiger partial charge in [0.25, 0.3) is 5.91 Å². The number of hydrogen-bond donors (Lipinski definition) is 2. The third kappa shape index (κ3) is 4.84. The Morgan fingerprint density at radius 1 is 1.38 bits per heavy atom. The fraction of sp³-hybridized carbons (Fsp3) is 0.200. The van der Waals surface area contributed by atoms with Crippen LogP contribution in [0.3, 0.4) is 0 Å². The van der Waals surface area contributed by atoms with Gasteiger partial charge in [-0.1, -0.05) is 6.07 Å². The Labute approximate surface area is 130 Å². The Balaban J connectivity index is 1.92. The van der Waals surface area contributed by atoms with Crippen LogP contribution in [0.1, 0.15) is 26.3 Å². The number of carboxylic acids is 1. The van der Waals surface area contributed by atoms with Gasteiger partial charge < -0.3 is 10.4 Å². The van der Waals surface area contributed by atoms with E-state index in [2.05, 4.69) is 5.32 Å². The summed E-state index contributed by atoms with van der Waals surface area (Å²) < 4.78 is 0. The van der Waals surface area contributed by atoms with E-state index < -0.39 is 5.97 Å². The lowest BCUT2D eigenvalue weighted by Crippen LogP contribution is -2.33. The number of nitrogens with one attached hydrogen (secondary N) is 1. The Hall–Kier alpha value is -1.92. The van der Waals surface area contributed by atoms with Gasteiger partial charge in [0.15, 0.2) is 0 Å². The quantitative estimate of drug-likeness (QED) is 0.803. The molecule has 0 radical (unpaired) electrons. The van der Waals surface area contributed by atoms with E-state index in [0.717, 1.165) is 17.4 Å². The fourth-order valence-electron chi connectivity index (χ4n) is 1.79. The van der Waals surface area contributed by atoms with Gasteiger partial charge in [-0.15, -0.1) is 22.7 Å². The smallest absolute Gasteiger partial charge is 0.328 e. The summed E-state index contributed by atoms with van der Waals surface area (Å²) in [5.74, 6) is -1.13. The van der Waals surface area contributed by atoms with Crippen LogP contribution in [0.4, 0.5) is 0 Å². The molecule has 1 amide bonds. The molecule has 6 heteroatoms. The van der Waals surface area contributed by atoms with Gasteiger partial charge in [0.2, 0.25) is 0 Å². The molecule has 0 aliphatic carbocycles. The largest absolute Gasteiger partial charge is 0.478 e. The van der Waals surface area contributed by atoms with E-state index in [1.807, 2.05) is 24.4 Å². The molecule has 2 aromatic heterocycles. The van der Waals surface area contributed by atoms with E-state index in [1.165, 1.54) is 22.3 Å². The standard InChI is InChI=1S/C15H15NO3S2/c1-10(9-12-3-2-8-20-12)16-15(19)13-6-4-11(21-13)5-7-14(17)18/h2-8,10H,9H2,1H3,(H,16,19)(H,17,18). The van der Waals surface area contributed by atoms with Crippen molar-refractivity contribution in [3.63, 3.8) is 0 Å². The minimum atomic E-state index is -1.00. The first-order valence-corrected chi connectivity index (χ1v) is 8.08. The highest BCUT2D eigenvalue weighted by Gasteiger charge is 2.12. The number of thiophene rings is 2. The summed E-state index contributed by atoms with van der Waals surface area (Å²) in [5, 5.41) is 13.5. The second-order valence-corrected chi connectivity index (χ2v) is 6.68. The molecule has 21 heavy (non-hydrogen) atoms. The van der Waals surface area contributed by atoms with Gasteiger partial charge in [-0.2, -0.15) is 0 Å². The molecular weight excluding hydrogens is 306 g/mol. The lowest BCUT2D eigenvalue weighted by atomic mass is 10.2. The third-order valence-electron chi connectivity index (χ3n) is 2.71. The predicted octanol–water partition coefficient (Wildman–Crippen LogP) is 3.27. The van der Waals surface area contributed by atoms with Crippen molar-refractivity contribution in [2.24, 2.45) is 0 Å². The maximum atomic E-state index is 12.1. The van der Waals surface area contributed by atoms with Crippen molar-refractivity contribution >= 4 is 40.6 Å². The summed E-state index contributed by atoms with van der Waals surface area (Å²) in [4.78, 5) is 25.1. The summed E-state index contributed by atoms with van der Waals surface area (Å²) in [5.41, 5.74) is 0. The van der Waals surface area contributed by atoms with E-state index in [9.17, 15) is 9.59 Å². The zero-order valence-corrected chi connectivity index (χ0v) is 13.0. The van der Waals surface area contributed by atoms with Crippen LogP contribution in [-0.2, 0) is 11.2 Å². The highest BCUT2D eigenvalue weighted by Crippen LogP contribution is 2.18. The van der Waals surface area contributed by atoms with Crippen LogP contribution < -0.4 is 5.32 Å². The topological polar surface area (TPSA) is 66.4 Å². The van der Waals surface area contributed by atoms with Crippen molar-refractivity contribution in [1.29, 1.82) is 0 Å². The molecule has 0 saturated heterocycles. The van der Waals surface area contributed by atoms with Gasteiger partial charge in [-0.3, -0.25) is 4.79 Å². The summed E-state index contributed by atoms with van der Waals surface area (Å²) >= 11 is 2.95. The van der Waals surface area contributed by atoms with E-state index in [4.69, 9.17) is 5.11 Å². The molecule has 2 heterocycles. The summed E-state index contributed by atoms with van der Waals surface area (Å²) in [7, 11) is 0. The van der Waals surface area contributed by atoms with E-state index >= 15 is 0 Å². The van der Waals surface area contributed by atoms with Gasteiger partial charge in [0.05, 0.1) is 4.88 Å². The first-order valence-electron chi connectivity index (χ1n) is 6.38. The van der Waals surface area contributed by atoms with Crippen molar-refractivity contribution in [3.05, 3.63) is 50.4 Å². The van der Waals surface area contributed by atoms with E-state index in [0.29, 0.717) is 4.88 Å². The molecule has 2 rings (SSSR count). The molecule has 0 aliphatic rings. The molecule has 4 nitrogen and oxygen atoms in total. The van der Waals surface area contributed by atoms with Crippen LogP contribution in [0.15, 0.2) is 35.7 Å². The molecule has 0 fully saturated rings. The normalized spacial score (nSPS) is 12.4. The second kappa shape index (κ2) is 7.19. The monoisotopic (exact) mass is 321 g/mol. The van der Waals surface area contributed by atoms with Crippen LogP contribution in [0.25, 0.3) is 6.08 Å². The molecule has 2 aromatic rings. The summed E-state index contributed by atoms with van der Waals surface area (Å²) in [6.45, 7) is 1.97. The highest BCUT2D eigenvalue weighted by atomic mass is 32.1. The Morgan fingerprint density at radius 3 is 2.86 bits per heavy atom. The number of amides is 1. The van der Waals surface area contributed by atoms with Crippen molar-refractivity contribution in [2.45, 2.75) is 19.4 Å². The van der Waals surface area contributed by atoms with Crippen LogP contribution in [0, 0.1) is 0 Å². The highest BCUT2D eigenvalue weighted by molar-refractivity contribution is 7.14. The lowest BCUT2D eigenvalue weighted by molar-refractivity contribution is -0.131. The number of carbonyl (C=O) groups excluding carboxylic acids is 1. The molecule has 1 unspecified atom stereocenters. The molecule has 0 aromatic carbocycles. The minimum Gasteiger partial charge on any atom is -0.478 e. The maximum absolute atomic E-state index is 12.1. The van der Waals surface area contributed by atoms with Gasteiger partial charge in [0.1, 0.15) is 0 Å². The zero-order valence-electron chi connectivity index (χ0n) is 11.4. The molecule has 2 N–H and O–H groups in total. The molecule has 0 spiro atoms. The zero-order chi connectivity index (χ0) is 15.2. The average molecular weight is 321 g/mol. The molecule has 0 aliphatic heterocycles. The van der Waals surface area contributed by atoms with Gasteiger partial charge in [-0.25, -0.2) is 4.79 Å². The molecular formula is C15H15NO3S2. The van der Waals surface area contributed by atoms with Gasteiger partial charge >= 0.3 is 5.97 Å². The van der Waals surface area contributed by atoms with Crippen molar-refractivity contribution in [1.82, 2.24) is 5.32 Å². The molecule has 110 valence electrons. The van der Waals surface area contributed by atoms with E-state index in [1.54, 1.807) is 23.5 Å². The fourth-order valence-corrected chi connectivity index (χ4v) is 3.44. The Kier molecular flexibility index (Phi) is 5.30. The predicted molar refractivity (Wildman–Crippen MR) is 85.9 cm³/mol. The average Bonchev–Trinajstić information content (AvgIpc) is 3.06. The number of carboxylic acid groups (broad SMARTS) is 1. The number of hydrogen-bond acceptors (Lipinski definition) is 4. The van der Waals surface area contributed by atoms with Gasteiger partial charge in [0, 0.05) is 28.3 Å². The SMILES string of the molecule is CC(Cc1cccs1)NC(=O)c1ccc(C=CC(=O)O)s1. The van der Waals surface area contributed by atoms with Crippen molar-refractivity contribution in [2.75, 3.05) is 0 Å². The first kappa shape index (κ1) is 15.5. The van der Waals surface area contributed by atoms with Crippen molar-refractivity contribution < 1.29 is 14.7 Å². The number of rotatable bonds is 6. The van der Waals surface area contributed by atoms with Gasteiger partial charge in [-0.05, 0) is 36.6 Å². The summed E-state index contributed by atoms with van der Waals surface area (Å²) in [6, 6.07) is 7.54. The molecule has 0 bridgehead atoms. The second-order valence-electron chi connectivity index (χ2n) is 4.53. The van der Waals surface area contributed by atoms with Crippen LogP contribution in [0.2, 0.25) is 0 Å². The van der Waals surface area contributed by atoms with Crippen LogP contribution in [0.5, 0.6) is 0 Å².